The second kappa shape index (κ2) is 6.69. The minimum absolute atomic E-state index is 0.0871. The lowest BCUT2D eigenvalue weighted by Crippen LogP contribution is -2.28. The van der Waals surface area contributed by atoms with E-state index in [2.05, 4.69) is 0 Å². The van der Waals surface area contributed by atoms with Crippen LogP contribution in [0.25, 0.3) is 0 Å². The zero-order valence-electron chi connectivity index (χ0n) is 11.0. The van der Waals surface area contributed by atoms with E-state index in [4.69, 9.17) is 17.3 Å². The van der Waals surface area contributed by atoms with Crippen molar-refractivity contribution in [3.05, 3.63) is 34.6 Å². The maximum absolute atomic E-state index is 14.0. The summed E-state index contributed by atoms with van der Waals surface area (Å²) in [7, 11) is 0. The van der Waals surface area contributed by atoms with Crippen molar-refractivity contribution in [3.63, 3.8) is 0 Å². The SMILES string of the molecule is NCC(c1cccc(Cl)c1F)C(O)CC1CCCC1. The summed E-state index contributed by atoms with van der Waals surface area (Å²) in [4.78, 5) is 0. The fourth-order valence-electron chi connectivity index (χ4n) is 3.05. The molecule has 3 N–H and O–H groups in total. The van der Waals surface area contributed by atoms with E-state index in [9.17, 15) is 9.50 Å². The van der Waals surface area contributed by atoms with Gasteiger partial charge in [-0.15, -0.1) is 0 Å². The maximum Gasteiger partial charge on any atom is 0.145 e. The van der Waals surface area contributed by atoms with E-state index in [0.717, 1.165) is 12.8 Å². The minimum atomic E-state index is -0.596. The molecule has 19 heavy (non-hydrogen) atoms. The first-order chi connectivity index (χ1) is 9.13. The van der Waals surface area contributed by atoms with Gasteiger partial charge in [-0.25, -0.2) is 4.39 Å². The molecule has 1 aliphatic carbocycles. The molecule has 1 saturated carbocycles. The second-order valence-electron chi connectivity index (χ2n) is 5.44. The summed E-state index contributed by atoms with van der Waals surface area (Å²) in [6.07, 6.45) is 4.89. The Kier molecular flexibility index (Phi) is 5.20. The Morgan fingerprint density at radius 1 is 1.37 bits per heavy atom. The second-order valence-corrected chi connectivity index (χ2v) is 5.85. The molecule has 1 aliphatic rings. The molecule has 2 nitrogen and oxygen atoms in total. The van der Waals surface area contributed by atoms with Crippen LogP contribution in [0.15, 0.2) is 18.2 Å². The van der Waals surface area contributed by atoms with Gasteiger partial charge in [0.15, 0.2) is 0 Å². The van der Waals surface area contributed by atoms with E-state index in [1.165, 1.54) is 18.9 Å². The molecule has 0 amide bonds. The van der Waals surface area contributed by atoms with Crippen LogP contribution in [-0.4, -0.2) is 17.8 Å². The maximum atomic E-state index is 14.0. The van der Waals surface area contributed by atoms with Gasteiger partial charge in [-0.3, -0.25) is 0 Å². The van der Waals surface area contributed by atoms with Crippen LogP contribution >= 0.6 is 11.6 Å². The molecule has 1 aromatic carbocycles. The van der Waals surface area contributed by atoms with Crippen molar-refractivity contribution in [2.24, 2.45) is 11.7 Å². The number of nitrogens with two attached hydrogens (primary N) is 1. The number of hydrogen-bond donors (Lipinski definition) is 2. The highest BCUT2D eigenvalue weighted by Crippen LogP contribution is 2.33. The van der Waals surface area contributed by atoms with Crippen LogP contribution in [0.1, 0.15) is 43.6 Å². The zero-order valence-corrected chi connectivity index (χ0v) is 11.7. The van der Waals surface area contributed by atoms with Crippen LogP contribution in [-0.2, 0) is 0 Å². The third kappa shape index (κ3) is 3.47. The summed E-state index contributed by atoms with van der Waals surface area (Å²) in [5.41, 5.74) is 6.16. The van der Waals surface area contributed by atoms with Crippen molar-refractivity contribution in [2.75, 3.05) is 6.54 Å². The fourth-order valence-corrected chi connectivity index (χ4v) is 3.23. The predicted molar refractivity (Wildman–Crippen MR) is 75.8 cm³/mol. The van der Waals surface area contributed by atoms with Gasteiger partial charge in [0.2, 0.25) is 0 Å². The molecule has 0 radical (unpaired) electrons. The molecular formula is C15H21ClFNO. The summed E-state index contributed by atoms with van der Waals surface area (Å²) >= 11 is 5.79. The standard InChI is InChI=1S/C15H21ClFNO/c16-13-7-3-6-11(15(13)17)12(9-18)14(19)8-10-4-1-2-5-10/h3,6-7,10,12,14,19H,1-2,4-5,8-9,18H2. The van der Waals surface area contributed by atoms with Crippen molar-refractivity contribution >= 4 is 11.6 Å². The minimum Gasteiger partial charge on any atom is -0.392 e. The van der Waals surface area contributed by atoms with E-state index < -0.39 is 11.9 Å². The van der Waals surface area contributed by atoms with E-state index in [-0.39, 0.29) is 17.5 Å². The summed E-state index contributed by atoms with van der Waals surface area (Å²) < 4.78 is 14.0. The van der Waals surface area contributed by atoms with E-state index >= 15 is 0 Å². The van der Waals surface area contributed by atoms with Gasteiger partial charge in [0.05, 0.1) is 11.1 Å². The van der Waals surface area contributed by atoms with Gasteiger partial charge in [-0.2, -0.15) is 0 Å². The number of halogens is 2. The van der Waals surface area contributed by atoms with Crippen molar-refractivity contribution in [2.45, 2.75) is 44.1 Å². The van der Waals surface area contributed by atoms with Gasteiger partial charge < -0.3 is 10.8 Å². The fraction of sp³-hybridized carbons (Fsp3) is 0.600. The molecule has 2 atom stereocenters. The molecule has 106 valence electrons. The topological polar surface area (TPSA) is 46.2 Å². The lowest BCUT2D eigenvalue weighted by molar-refractivity contribution is 0.115. The monoisotopic (exact) mass is 285 g/mol. The van der Waals surface area contributed by atoms with Crippen LogP contribution in [0.3, 0.4) is 0 Å². The van der Waals surface area contributed by atoms with Gasteiger partial charge in [-0.1, -0.05) is 49.4 Å². The molecule has 0 aliphatic heterocycles. The van der Waals surface area contributed by atoms with E-state index in [1.54, 1.807) is 12.1 Å². The Morgan fingerprint density at radius 2 is 2.05 bits per heavy atom. The third-order valence-corrected chi connectivity index (χ3v) is 4.44. The Labute approximate surface area is 118 Å². The van der Waals surface area contributed by atoms with Crippen LogP contribution in [0, 0.1) is 11.7 Å². The average Bonchev–Trinajstić information content (AvgIpc) is 2.88. The van der Waals surface area contributed by atoms with Crippen molar-refractivity contribution in [3.8, 4) is 0 Å². The first-order valence-electron chi connectivity index (χ1n) is 6.95. The lowest BCUT2D eigenvalue weighted by Gasteiger charge is -2.25. The Bertz CT molecular complexity index is 421. The Balaban J connectivity index is 2.11. The first-order valence-corrected chi connectivity index (χ1v) is 7.33. The highest BCUT2D eigenvalue weighted by atomic mass is 35.5. The molecule has 2 unspecified atom stereocenters. The predicted octanol–water partition coefficient (Wildman–Crippen LogP) is 3.46. The van der Waals surface area contributed by atoms with Crippen molar-refractivity contribution in [1.29, 1.82) is 0 Å². The van der Waals surface area contributed by atoms with E-state index in [1.807, 2.05) is 0 Å². The number of hydrogen-bond acceptors (Lipinski definition) is 2. The number of aliphatic hydroxyl groups excluding tert-OH is 1. The number of rotatable bonds is 5. The van der Waals surface area contributed by atoms with E-state index in [0.29, 0.717) is 17.9 Å². The largest absolute Gasteiger partial charge is 0.392 e. The van der Waals surface area contributed by atoms with Crippen LogP contribution in [0.4, 0.5) is 4.39 Å². The molecule has 2 rings (SSSR count). The van der Waals surface area contributed by atoms with Gasteiger partial charge in [0, 0.05) is 12.5 Å². The van der Waals surface area contributed by atoms with Gasteiger partial charge in [-0.05, 0) is 24.0 Å². The van der Waals surface area contributed by atoms with Crippen molar-refractivity contribution < 1.29 is 9.50 Å². The zero-order chi connectivity index (χ0) is 13.8. The molecule has 0 aromatic heterocycles. The molecule has 0 bridgehead atoms. The quantitative estimate of drug-likeness (QED) is 0.870. The van der Waals surface area contributed by atoms with Crippen LogP contribution in [0.5, 0.6) is 0 Å². The Hall–Kier alpha value is -0.640. The lowest BCUT2D eigenvalue weighted by atomic mass is 9.87. The molecule has 0 saturated heterocycles. The van der Waals surface area contributed by atoms with Crippen LogP contribution < -0.4 is 5.73 Å². The summed E-state index contributed by atoms with van der Waals surface area (Å²) in [6.45, 7) is 0.227. The summed E-state index contributed by atoms with van der Waals surface area (Å²) in [5.74, 6) is -0.282. The van der Waals surface area contributed by atoms with Gasteiger partial charge in [0.1, 0.15) is 5.82 Å². The molecule has 1 aromatic rings. The van der Waals surface area contributed by atoms with Gasteiger partial charge >= 0.3 is 0 Å². The highest BCUT2D eigenvalue weighted by molar-refractivity contribution is 6.30. The number of aliphatic hydroxyl groups is 1. The summed E-state index contributed by atoms with van der Waals surface area (Å²) in [6, 6.07) is 4.87. The molecule has 0 spiro atoms. The first kappa shape index (κ1) is 14.8. The van der Waals surface area contributed by atoms with Crippen LogP contribution in [0.2, 0.25) is 5.02 Å². The average molecular weight is 286 g/mol. The highest BCUT2D eigenvalue weighted by Gasteiger charge is 2.27. The molecule has 4 heteroatoms. The molecule has 0 heterocycles. The van der Waals surface area contributed by atoms with Gasteiger partial charge in [0.25, 0.3) is 0 Å². The smallest absolute Gasteiger partial charge is 0.145 e. The normalized spacial score (nSPS) is 19.6. The third-order valence-electron chi connectivity index (χ3n) is 4.15. The number of benzene rings is 1. The molecule has 1 fully saturated rings. The summed E-state index contributed by atoms with van der Waals surface area (Å²) in [5, 5.41) is 10.4. The van der Waals surface area contributed by atoms with Crippen molar-refractivity contribution in [1.82, 2.24) is 0 Å². The molecular weight excluding hydrogens is 265 g/mol. The Morgan fingerprint density at radius 3 is 2.68 bits per heavy atom.